The molecule has 0 saturated carbocycles. The van der Waals surface area contributed by atoms with Crippen LogP contribution in [0.25, 0.3) is 11.1 Å². The van der Waals surface area contributed by atoms with Crippen molar-refractivity contribution in [1.82, 2.24) is 5.32 Å². The van der Waals surface area contributed by atoms with Gasteiger partial charge >= 0.3 is 5.97 Å². The van der Waals surface area contributed by atoms with Gasteiger partial charge < -0.3 is 25.4 Å². The van der Waals surface area contributed by atoms with Crippen LogP contribution in [0.5, 0.6) is 5.75 Å². The maximum Gasteiger partial charge on any atom is 0.343 e. The molecule has 7 heteroatoms. The van der Waals surface area contributed by atoms with E-state index in [2.05, 4.69) is 21.2 Å². The number of carbonyl (C=O) groups excluding carboxylic acids is 1. The molecule has 0 atom stereocenters. The second kappa shape index (κ2) is 10.8. The molecule has 0 spiro atoms. The van der Waals surface area contributed by atoms with Crippen LogP contribution in [0.1, 0.15) is 21.5 Å². The molecule has 3 aromatic rings. The minimum absolute atomic E-state index is 0.286. The SMILES string of the molecule is Cc1c(C(=O)Oc2ccc(CNC(CO)(CO)CO)c(Br)c2)cccc1-c1ccccc1. The highest BCUT2D eigenvalue weighted by atomic mass is 79.9. The summed E-state index contributed by atoms with van der Waals surface area (Å²) >= 11 is 3.46. The van der Waals surface area contributed by atoms with Crippen LogP contribution in [0.15, 0.2) is 71.2 Å². The summed E-state index contributed by atoms with van der Waals surface area (Å²) < 4.78 is 6.30. The highest BCUT2D eigenvalue weighted by molar-refractivity contribution is 9.10. The largest absolute Gasteiger partial charge is 0.423 e. The van der Waals surface area contributed by atoms with Crippen LogP contribution in [0.2, 0.25) is 0 Å². The molecule has 3 aromatic carbocycles. The van der Waals surface area contributed by atoms with Crippen molar-refractivity contribution in [1.29, 1.82) is 0 Å². The lowest BCUT2D eigenvalue weighted by Gasteiger charge is -2.29. The summed E-state index contributed by atoms with van der Waals surface area (Å²) in [7, 11) is 0. The molecule has 6 nitrogen and oxygen atoms in total. The summed E-state index contributed by atoms with van der Waals surface area (Å²) in [6.45, 7) is 0.964. The summed E-state index contributed by atoms with van der Waals surface area (Å²) in [5.41, 5.74) is 2.98. The Morgan fingerprint density at radius 1 is 0.969 bits per heavy atom. The van der Waals surface area contributed by atoms with E-state index in [1.165, 1.54) is 0 Å². The Labute approximate surface area is 195 Å². The third-order valence-electron chi connectivity index (χ3n) is 5.44. The van der Waals surface area contributed by atoms with E-state index in [1.54, 1.807) is 24.3 Å². The number of esters is 1. The van der Waals surface area contributed by atoms with Crippen molar-refractivity contribution >= 4 is 21.9 Å². The van der Waals surface area contributed by atoms with E-state index in [0.717, 1.165) is 22.3 Å². The summed E-state index contributed by atoms with van der Waals surface area (Å²) in [4.78, 5) is 12.9. The Kier molecular flexibility index (Phi) is 8.17. The number of aliphatic hydroxyl groups is 3. The molecule has 32 heavy (non-hydrogen) atoms. The van der Waals surface area contributed by atoms with Gasteiger partial charge in [0.05, 0.1) is 30.9 Å². The van der Waals surface area contributed by atoms with E-state index >= 15 is 0 Å². The van der Waals surface area contributed by atoms with Gasteiger partial charge in [0, 0.05) is 11.0 Å². The average molecular weight is 500 g/mol. The third kappa shape index (κ3) is 5.43. The molecule has 0 aromatic heterocycles. The Morgan fingerprint density at radius 2 is 1.66 bits per heavy atom. The van der Waals surface area contributed by atoms with E-state index in [9.17, 15) is 20.1 Å². The van der Waals surface area contributed by atoms with Gasteiger partial charge in [0.25, 0.3) is 0 Å². The van der Waals surface area contributed by atoms with Gasteiger partial charge in [-0.2, -0.15) is 0 Å². The number of halogens is 1. The number of nitrogens with one attached hydrogen (secondary N) is 1. The lowest BCUT2D eigenvalue weighted by molar-refractivity contribution is 0.0413. The number of benzene rings is 3. The van der Waals surface area contributed by atoms with Gasteiger partial charge in [0.1, 0.15) is 5.75 Å². The molecule has 0 bridgehead atoms. The number of rotatable bonds is 9. The highest BCUT2D eigenvalue weighted by Gasteiger charge is 2.27. The van der Waals surface area contributed by atoms with Crippen LogP contribution in [-0.4, -0.2) is 46.6 Å². The van der Waals surface area contributed by atoms with Gasteiger partial charge in [-0.05, 0) is 47.4 Å². The number of carbonyl (C=O) groups is 1. The standard InChI is InChI=1S/C25H26BrNO5/c1-17-21(18-6-3-2-4-7-18)8-5-9-22(17)24(31)32-20-11-10-19(23(26)12-20)13-27-25(14-28,15-29)16-30/h2-12,27-30H,13-16H2,1H3. The molecular weight excluding hydrogens is 474 g/mol. The first kappa shape index (κ1) is 24.1. The fraction of sp³-hybridized carbons (Fsp3) is 0.240. The first-order chi connectivity index (χ1) is 15.4. The molecule has 0 saturated heterocycles. The van der Waals surface area contributed by atoms with Crippen molar-refractivity contribution in [2.75, 3.05) is 19.8 Å². The first-order valence-electron chi connectivity index (χ1n) is 10.2. The molecule has 0 heterocycles. The minimum atomic E-state index is -1.17. The maximum atomic E-state index is 12.9. The van der Waals surface area contributed by atoms with Crippen molar-refractivity contribution in [3.8, 4) is 16.9 Å². The molecule has 4 N–H and O–H groups in total. The summed E-state index contributed by atoms with van der Waals surface area (Å²) in [6, 6.07) is 20.6. The predicted octanol–water partition coefficient (Wildman–Crippen LogP) is 3.45. The summed E-state index contributed by atoms with van der Waals surface area (Å²) in [5.74, 6) is -0.0641. The van der Waals surface area contributed by atoms with E-state index in [0.29, 0.717) is 15.8 Å². The number of aliphatic hydroxyl groups excluding tert-OH is 3. The molecule has 168 valence electrons. The quantitative estimate of drug-likeness (QED) is 0.266. The fourth-order valence-corrected chi connectivity index (χ4v) is 3.78. The lowest BCUT2D eigenvalue weighted by atomic mass is 9.96. The van der Waals surface area contributed by atoms with Crippen molar-refractivity contribution in [2.24, 2.45) is 0 Å². The van der Waals surface area contributed by atoms with Gasteiger partial charge in [0.2, 0.25) is 0 Å². The molecule has 0 radical (unpaired) electrons. The molecular formula is C25H26BrNO5. The Hall–Kier alpha value is -2.55. The van der Waals surface area contributed by atoms with Crippen molar-refractivity contribution in [3.05, 3.63) is 87.9 Å². The average Bonchev–Trinajstić information content (AvgIpc) is 2.82. The second-order valence-corrected chi connectivity index (χ2v) is 8.45. The van der Waals surface area contributed by atoms with Crippen LogP contribution >= 0.6 is 15.9 Å². The van der Waals surface area contributed by atoms with E-state index in [4.69, 9.17) is 4.74 Å². The van der Waals surface area contributed by atoms with Crippen molar-refractivity contribution in [2.45, 2.75) is 19.0 Å². The van der Waals surface area contributed by atoms with Crippen LogP contribution in [-0.2, 0) is 6.54 Å². The molecule has 3 rings (SSSR count). The molecule has 0 fully saturated rings. The molecule has 0 aliphatic rings. The van der Waals surface area contributed by atoms with Gasteiger partial charge in [-0.3, -0.25) is 0 Å². The van der Waals surface area contributed by atoms with E-state index in [1.807, 2.05) is 49.4 Å². The Balaban J connectivity index is 1.74. The van der Waals surface area contributed by atoms with E-state index < -0.39 is 31.3 Å². The zero-order valence-corrected chi connectivity index (χ0v) is 19.3. The van der Waals surface area contributed by atoms with Crippen molar-refractivity contribution < 1.29 is 24.9 Å². The maximum absolute atomic E-state index is 12.9. The Morgan fingerprint density at radius 3 is 2.28 bits per heavy atom. The first-order valence-corrected chi connectivity index (χ1v) is 11.0. The zero-order valence-electron chi connectivity index (χ0n) is 17.7. The molecule has 0 unspecified atom stereocenters. The molecule has 0 aliphatic heterocycles. The highest BCUT2D eigenvalue weighted by Crippen LogP contribution is 2.28. The summed E-state index contributed by atoms with van der Waals surface area (Å²) in [5, 5.41) is 31.3. The fourth-order valence-electron chi connectivity index (χ4n) is 3.28. The van der Waals surface area contributed by atoms with Gasteiger partial charge in [-0.1, -0.05) is 64.5 Å². The minimum Gasteiger partial charge on any atom is -0.423 e. The van der Waals surface area contributed by atoms with Crippen molar-refractivity contribution in [3.63, 3.8) is 0 Å². The van der Waals surface area contributed by atoms with E-state index in [-0.39, 0.29) is 6.54 Å². The molecule has 0 amide bonds. The Bertz CT molecular complexity index is 1060. The van der Waals surface area contributed by atoms with Crippen LogP contribution in [0, 0.1) is 6.92 Å². The summed E-state index contributed by atoms with van der Waals surface area (Å²) in [6.07, 6.45) is 0. The van der Waals surface area contributed by atoms with Gasteiger partial charge in [-0.25, -0.2) is 4.79 Å². The van der Waals surface area contributed by atoms with Crippen LogP contribution in [0.3, 0.4) is 0 Å². The van der Waals surface area contributed by atoms with Gasteiger partial charge in [0.15, 0.2) is 0 Å². The van der Waals surface area contributed by atoms with Gasteiger partial charge in [-0.15, -0.1) is 0 Å². The lowest BCUT2D eigenvalue weighted by Crippen LogP contribution is -2.54. The number of hydrogen-bond donors (Lipinski definition) is 4. The normalized spacial score (nSPS) is 11.4. The third-order valence-corrected chi connectivity index (χ3v) is 6.17. The zero-order chi connectivity index (χ0) is 23.1. The molecule has 0 aliphatic carbocycles. The topological polar surface area (TPSA) is 99.0 Å². The predicted molar refractivity (Wildman–Crippen MR) is 127 cm³/mol. The second-order valence-electron chi connectivity index (χ2n) is 7.60. The van der Waals surface area contributed by atoms with Crippen LogP contribution < -0.4 is 10.1 Å². The smallest absolute Gasteiger partial charge is 0.343 e. The number of hydrogen-bond acceptors (Lipinski definition) is 6. The monoisotopic (exact) mass is 499 g/mol. The van der Waals surface area contributed by atoms with Crippen LogP contribution in [0.4, 0.5) is 0 Å². The number of ether oxygens (including phenoxy) is 1.